The molecule has 0 aromatic carbocycles. The fourth-order valence-corrected chi connectivity index (χ4v) is 3.32. The first-order valence-electron chi connectivity index (χ1n) is 8.04. The minimum absolute atomic E-state index is 0.0108. The van der Waals surface area contributed by atoms with Crippen LogP contribution in [-0.2, 0) is 9.84 Å². The fourth-order valence-electron chi connectivity index (χ4n) is 2.37. The van der Waals surface area contributed by atoms with Crippen molar-refractivity contribution in [3.63, 3.8) is 0 Å². The van der Waals surface area contributed by atoms with Crippen LogP contribution in [0.4, 0.5) is 0 Å². The molecular weight excluding hydrogens is 298 g/mol. The molecule has 1 aliphatic rings. The molecule has 0 amide bonds. The molecule has 0 atom stereocenters. The summed E-state index contributed by atoms with van der Waals surface area (Å²) >= 11 is 0. The largest absolute Gasteiger partial charge is 0.356 e. The van der Waals surface area contributed by atoms with Crippen LogP contribution in [0.2, 0.25) is 0 Å². The van der Waals surface area contributed by atoms with Crippen LogP contribution in [0.5, 0.6) is 0 Å². The minimum atomic E-state index is -3.13. The van der Waals surface area contributed by atoms with Crippen LogP contribution < -0.4 is 5.32 Å². The highest BCUT2D eigenvalue weighted by molar-refractivity contribution is 7.92. The van der Waals surface area contributed by atoms with E-state index in [1.54, 1.807) is 20.8 Å². The van der Waals surface area contributed by atoms with E-state index in [0.29, 0.717) is 6.54 Å². The van der Waals surface area contributed by atoms with Crippen molar-refractivity contribution >= 4 is 15.8 Å². The highest BCUT2D eigenvalue weighted by atomic mass is 32.2. The van der Waals surface area contributed by atoms with Crippen molar-refractivity contribution in [2.75, 3.05) is 25.4 Å². The van der Waals surface area contributed by atoms with Crippen LogP contribution in [0.25, 0.3) is 0 Å². The average molecular weight is 332 g/mol. The maximum absolute atomic E-state index is 12.2. The van der Waals surface area contributed by atoms with Gasteiger partial charge in [-0.1, -0.05) is 13.8 Å². The minimum Gasteiger partial charge on any atom is -0.356 e. The summed E-state index contributed by atoms with van der Waals surface area (Å²) in [5.41, 5.74) is 0.234. The zero-order chi connectivity index (χ0) is 17.4. The van der Waals surface area contributed by atoms with Gasteiger partial charge < -0.3 is 10.2 Å². The lowest BCUT2D eigenvalue weighted by Gasteiger charge is -2.62. The molecule has 1 saturated heterocycles. The van der Waals surface area contributed by atoms with Gasteiger partial charge >= 0.3 is 0 Å². The van der Waals surface area contributed by atoms with E-state index >= 15 is 0 Å². The second-order valence-electron chi connectivity index (χ2n) is 8.20. The zero-order valence-corrected chi connectivity index (χ0v) is 16.3. The number of nitrogens with one attached hydrogen (secondary N) is 1. The quantitative estimate of drug-likeness (QED) is 0.634. The maximum Gasteiger partial charge on any atom is 0.194 e. The zero-order valence-electron chi connectivity index (χ0n) is 15.4. The van der Waals surface area contributed by atoms with Gasteiger partial charge in [-0.25, -0.2) is 8.42 Å². The summed E-state index contributed by atoms with van der Waals surface area (Å²) < 4.78 is 23.6. The smallest absolute Gasteiger partial charge is 0.194 e. The Morgan fingerprint density at radius 1 is 1.23 bits per heavy atom. The number of hydrogen-bond donors (Lipinski definition) is 1. The molecule has 5 nitrogen and oxygen atoms in total. The molecule has 1 N–H and O–H groups in total. The Hall–Kier alpha value is -0.780. The molecule has 0 aromatic rings. The highest BCUT2D eigenvalue weighted by Gasteiger charge is 2.53. The number of sulfone groups is 1. The lowest BCUT2D eigenvalue weighted by atomic mass is 9.65. The van der Waals surface area contributed by atoms with Crippen LogP contribution >= 0.6 is 0 Å². The van der Waals surface area contributed by atoms with Gasteiger partial charge in [0.05, 0.1) is 17.0 Å². The van der Waals surface area contributed by atoms with Crippen LogP contribution in [0, 0.1) is 5.41 Å². The van der Waals surface area contributed by atoms with Gasteiger partial charge in [-0.15, -0.1) is 0 Å². The van der Waals surface area contributed by atoms with Crippen molar-refractivity contribution in [1.82, 2.24) is 10.2 Å². The maximum atomic E-state index is 12.2. The third-order valence-electron chi connectivity index (χ3n) is 5.03. The topological polar surface area (TPSA) is 61.8 Å². The van der Waals surface area contributed by atoms with Crippen molar-refractivity contribution < 1.29 is 8.42 Å². The first-order valence-corrected chi connectivity index (χ1v) is 9.70. The molecule has 0 spiro atoms. The standard InChI is InChI=1S/C16H33N3O2S/c1-9-17-13(19-12-15(5,6)16(19,7)8)18-10-11-22(20,21)14(2,3)4/h9-12H2,1-8H3,(H,17,18). The van der Waals surface area contributed by atoms with E-state index in [-0.39, 0.29) is 16.7 Å². The first-order chi connectivity index (χ1) is 9.76. The Kier molecular flexibility index (Phi) is 5.27. The lowest BCUT2D eigenvalue weighted by Crippen LogP contribution is -2.72. The predicted octanol–water partition coefficient (Wildman–Crippen LogP) is 2.29. The number of hydrogen-bond acceptors (Lipinski definition) is 3. The summed E-state index contributed by atoms with van der Waals surface area (Å²) in [7, 11) is -3.13. The molecule has 0 aromatic heterocycles. The van der Waals surface area contributed by atoms with E-state index in [0.717, 1.165) is 19.0 Å². The summed E-state index contributed by atoms with van der Waals surface area (Å²) in [6.07, 6.45) is 0. The number of aliphatic imine (C=N–C) groups is 1. The van der Waals surface area contributed by atoms with Crippen molar-refractivity contribution in [2.45, 2.75) is 65.7 Å². The number of rotatable bonds is 4. The number of nitrogens with zero attached hydrogens (tertiary/aromatic N) is 2. The molecule has 0 aliphatic carbocycles. The molecule has 1 rings (SSSR count). The Labute approximate surface area is 136 Å². The molecule has 1 heterocycles. The third-order valence-corrected chi connectivity index (χ3v) is 7.62. The summed E-state index contributed by atoms with van der Waals surface area (Å²) in [6, 6.07) is 0. The van der Waals surface area contributed by atoms with Crippen molar-refractivity contribution in [1.29, 1.82) is 0 Å². The average Bonchev–Trinajstić information content (AvgIpc) is 2.33. The van der Waals surface area contributed by atoms with Gasteiger partial charge in [0.25, 0.3) is 0 Å². The van der Waals surface area contributed by atoms with Crippen molar-refractivity contribution in [3.05, 3.63) is 0 Å². The molecule has 6 heteroatoms. The normalized spacial score (nSPS) is 21.5. The molecule has 1 fully saturated rings. The summed E-state index contributed by atoms with van der Waals surface area (Å²) in [5, 5.41) is 3.28. The summed E-state index contributed by atoms with van der Waals surface area (Å²) in [4.78, 5) is 6.78. The third kappa shape index (κ3) is 3.58. The van der Waals surface area contributed by atoms with E-state index in [1.807, 2.05) is 6.92 Å². The molecule has 0 unspecified atom stereocenters. The first kappa shape index (κ1) is 19.3. The second kappa shape index (κ2) is 6.02. The summed E-state index contributed by atoms with van der Waals surface area (Å²) in [6.45, 7) is 18.1. The lowest BCUT2D eigenvalue weighted by molar-refractivity contribution is -0.0667. The summed E-state index contributed by atoms with van der Waals surface area (Å²) in [5.74, 6) is 0.902. The van der Waals surface area contributed by atoms with Gasteiger partial charge in [-0.2, -0.15) is 0 Å². The van der Waals surface area contributed by atoms with Gasteiger partial charge in [0.1, 0.15) is 0 Å². The van der Waals surface area contributed by atoms with Gasteiger partial charge in [-0.3, -0.25) is 4.99 Å². The van der Waals surface area contributed by atoms with E-state index in [1.165, 1.54) is 0 Å². The molecular formula is C16H33N3O2S. The Morgan fingerprint density at radius 2 is 1.77 bits per heavy atom. The molecule has 0 saturated carbocycles. The van der Waals surface area contributed by atoms with Crippen LogP contribution in [0.3, 0.4) is 0 Å². The number of likely N-dealkylation sites (tertiary alicyclic amines) is 1. The van der Waals surface area contributed by atoms with Crippen molar-refractivity contribution in [2.24, 2.45) is 10.4 Å². The van der Waals surface area contributed by atoms with E-state index < -0.39 is 14.6 Å². The monoisotopic (exact) mass is 331 g/mol. The second-order valence-corrected chi connectivity index (χ2v) is 11.1. The van der Waals surface area contributed by atoms with E-state index in [4.69, 9.17) is 0 Å². The Balaban J connectivity index is 2.82. The molecule has 1 aliphatic heterocycles. The van der Waals surface area contributed by atoms with Crippen molar-refractivity contribution in [3.8, 4) is 0 Å². The molecule has 130 valence electrons. The predicted molar refractivity (Wildman–Crippen MR) is 94.1 cm³/mol. The molecule has 0 bridgehead atoms. The Morgan fingerprint density at radius 3 is 2.14 bits per heavy atom. The van der Waals surface area contributed by atoms with E-state index in [9.17, 15) is 8.42 Å². The van der Waals surface area contributed by atoms with Crippen LogP contribution in [0.15, 0.2) is 4.99 Å². The van der Waals surface area contributed by atoms with E-state index in [2.05, 4.69) is 42.9 Å². The fraction of sp³-hybridized carbons (Fsp3) is 0.938. The number of guanidine groups is 1. The van der Waals surface area contributed by atoms with Gasteiger partial charge in [0.2, 0.25) is 0 Å². The SMILES string of the molecule is CCNC(=NCCS(=O)(=O)C(C)(C)C)N1CC(C)(C)C1(C)C. The van der Waals surface area contributed by atoms with Gasteiger partial charge in [-0.05, 0) is 41.5 Å². The van der Waals surface area contributed by atoms with Crippen LogP contribution in [0.1, 0.15) is 55.4 Å². The molecule has 22 heavy (non-hydrogen) atoms. The van der Waals surface area contributed by atoms with Gasteiger partial charge in [0, 0.05) is 24.0 Å². The molecule has 0 radical (unpaired) electrons. The van der Waals surface area contributed by atoms with Gasteiger partial charge in [0.15, 0.2) is 15.8 Å². The van der Waals surface area contributed by atoms with Crippen LogP contribution in [-0.4, -0.2) is 55.0 Å². The Bertz CT molecular complexity index is 528. The highest BCUT2D eigenvalue weighted by Crippen LogP contribution is 2.46.